The average Bonchev–Trinajstić information content (AvgIpc) is 2.83. The first-order valence-electron chi connectivity index (χ1n) is 10.8. The number of carbonyl (C=O) groups is 1. The lowest BCUT2D eigenvalue weighted by Gasteiger charge is -2.11. The Kier molecular flexibility index (Phi) is 7.52. The number of ether oxygens (including phenoxy) is 1. The third-order valence-electron chi connectivity index (χ3n) is 5.17. The lowest BCUT2D eigenvalue weighted by molar-refractivity contribution is -0.123. The zero-order valence-electron chi connectivity index (χ0n) is 19.2. The molecule has 0 heterocycles. The lowest BCUT2D eigenvalue weighted by atomic mass is 10.1. The van der Waals surface area contributed by atoms with E-state index in [1.807, 2.05) is 68.4 Å². The first-order valence-corrected chi connectivity index (χ1v) is 11.6. The second kappa shape index (κ2) is 10.9. The molecule has 8 heteroatoms. The van der Waals surface area contributed by atoms with Gasteiger partial charge < -0.3 is 9.84 Å². The van der Waals surface area contributed by atoms with Crippen LogP contribution in [0.1, 0.15) is 16.7 Å². The van der Waals surface area contributed by atoms with Gasteiger partial charge in [-0.3, -0.25) is 4.79 Å². The highest BCUT2D eigenvalue weighted by molar-refractivity contribution is 9.10. The second-order valence-corrected chi connectivity index (χ2v) is 8.77. The highest BCUT2D eigenvalue weighted by Crippen LogP contribution is 2.30. The molecule has 0 aliphatic heterocycles. The molecule has 0 unspecified atom stereocenters. The number of benzene rings is 4. The smallest absolute Gasteiger partial charge is 0.277 e. The predicted molar refractivity (Wildman–Crippen MR) is 141 cm³/mol. The van der Waals surface area contributed by atoms with Crippen molar-refractivity contribution in [1.82, 2.24) is 5.43 Å². The molecule has 0 radical (unpaired) electrons. The van der Waals surface area contributed by atoms with Crippen LogP contribution < -0.4 is 10.2 Å². The van der Waals surface area contributed by atoms with Crippen LogP contribution in [-0.2, 0) is 4.79 Å². The van der Waals surface area contributed by atoms with E-state index in [4.69, 9.17) is 4.74 Å². The maximum absolute atomic E-state index is 12.2. The SMILES string of the molecule is Cc1cc(C)c(OCC(=O)NN=Cc2cc(N=Nc3cccc4ccccc34)ccc2O)c(Br)c1. The van der Waals surface area contributed by atoms with E-state index in [1.54, 1.807) is 12.1 Å². The zero-order chi connectivity index (χ0) is 24.8. The number of hydrazone groups is 1. The molecule has 4 aromatic rings. The van der Waals surface area contributed by atoms with Crippen molar-refractivity contribution in [2.24, 2.45) is 15.3 Å². The number of carbonyl (C=O) groups excluding carboxylic acids is 1. The van der Waals surface area contributed by atoms with Gasteiger partial charge in [0.2, 0.25) is 0 Å². The van der Waals surface area contributed by atoms with Gasteiger partial charge in [0.25, 0.3) is 5.91 Å². The number of aromatic hydroxyl groups is 1. The van der Waals surface area contributed by atoms with Crippen LogP contribution in [0.3, 0.4) is 0 Å². The summed E-state index contributed by atoms with van der Waals surface area (Å²) >= 11 is 3.45. The number of nitrogens with one attached hydrogen (secondary N) is 1. The second-order valence-electron chi connectivity index (χ2n) is 7.92. The number of halogens is 1. The molecular weight excluding hydrogens is 508 g/mol. The van der Waals surface area contributed by atoms with E-state index >= 15 is 0 Å². The first-order chi connectivity index (χ1) is 16.9. The van der Waals surface area contributed by atoms with Crippen molar-refractivity contribution in [3.63, 3.8) is 0 Å². The molecule has 0 bridgehead atoms. The number of phenols is 1. The molecule has 0 aliphatic carbocycles. The molecule has 176 valence electrons. The van der Waals surface area contributed by atoms with Crippen LogP contribution in [-0.4, -0.2) is 23.8 Å². The Bertz CT molecular complexity index is 1420. The van der Waals surface area contributed by atoms with Gasteiger partial charge in [-0.25, -0.2) is 5.43 Å². The number of hydrogen-bond acceptors (Lipinski definition) is 6. The van der Waals surface area contributed by atoms with Crippen molar-refractivity contribution in [1.29, 1.82) is 0 Å². The molecule has 1 amide bonds. The summed E-state index contributed by atoms with van der Waals surface area (Å²) in [6, 6.07) is 22.4. The molecular formula is C27H23BrN4O3. The molecule has 4 aromatic carbocycles. The number of fused-ring (bicyclic) bond motifs is 1. The van der Waals surface area contributed by atoms with Gasteiger partial charge in [0.1, 0.15) is 11.5 Å². The molecule has 0 aliphatic rings. The van der Waals surface area contributed by atoms with Gasteiger partial charge in [0, 0.05) is 10.9 Å². The van der Waals surface area contributed by atoms with E-state index in [0.717, 1.165) is 32.1 Å². The van der Waals surface area contributed by atoms with Gasteiger partial charge in [-0.1, -0.05) is 42.5 Å². The lowest BCUT2D eigenvalue weighted by Crippen LogP contribution is -2.24. The van der Waals surface area contributed by atoms with E-state index in [9.17, 15) is 9.90 Å². The number of hydrogen-bond donors (Lipinski definition) is 2. The van der Waals surface area contributed by atoms with Crippen molar-refractivity contribution < 1.29 is 14.6 Å². The van der Waals surface area contributed by atoms with E-state index in [0.29, 0.717) is 17.0 Å². The first kappa shape index (κ1) is 24.1. The minimum absolute atomic E-state index is 0.00238. The Hall–Kier alpha value is -4.04. The number of nitrogens with zero attached hydrogens (tertiary/aromatic N) is 3. The Labute approximate surface area is 211 Å². The van der Waals surface area contributed by atoms with Crippen molar-refractivity contribution in [3.05, 3.63) is 94.0 Å². The van der Waals surface area contributed by atoms with Crippen molar-refractivity contribution in [3.8, 4) is 11.5 Å². The summed E-state index contributed by atoms with van der Waals surface area (Å²) in [7, 11) is 0. The number of amides is 1. The van der Waals surface area contributed by atoms with E-state index < -0.39 is 5.91 Å². The molecule has 7 nitrogen and oxygen atoms in total. The summed E-state index contributed by atoms with van der Waals surface area (Å²) in [6.07, 6.45) is 1.34. The normalized spacial score (nSPS) is 11.4. The van der Waals surface area contributed by atoms with Crippen LogP contribution in [0.4, 0.5) is 11.4 Å². The summed E-state index contributed by atoms with van der Waals surface area (Å²) in [5, 5.41) is 24.8. The predicted octanol–water partition coefficient (Wildman–Crippen LogP) is 6.87. The van der Waals surface area contributed by atoms with Crippen LogP contribution >= 0.6 is 15.9 Å². The van der Waals surface area contributed by atoms with Crippen molar-refractivity contribution in [2.45, 2.75) is 13.8 Å². The molecule has 0 saturated heterocycles. The quantitative estimate of drug-likeness (QED) is 0.155. The monoisotopic (exact) mass is 530 g/mol. The molecule has 4 rings (SSSR count). The van der Waals surface area contributed by atoms with Crippen LogP contribution in [0.25, 0.3) is 10.8 Å². The number of aryl methyl sites for hydroxylation is 2. The minimum atomic E-state index is -0.431. The summed E-state index contributed by atoms with van der Waals surface area (Å²) in [4.78, 5) is 12.2. The number of azo groups is 1. The van der Waals surface area contributed by atoms with Gasteiger partial charge in [0.15, 0.2) is 6.61 Å². The van der Waals surface area contributed by atoms with Crippen LogP contribution in [0.2, 0.25) is 0 Å². The van der Waals surface area contributed by atoms with E-state index in [-0.39, 0.29) is 12.4 Å². The fourth-order valence-electron chi connectivity index (χ4n) is 3.54. The summed E-state index contributed by atoms with van der Waals surface area (Å²) < 4.78 is 6.41. The Morgan fingerprint density at radius 1 is 1.03 bits per heavy atom. The van der Waals surface area contributed by atoms with Gasteiger partial charge >= 0.3 is 0 Å². The van der Waals surface area contributed by atoms with Gasteiger partial charge in [-0.2, -0.15) is 10.2 Å². The molecule has 35 heavy (non-hydrogen) atoms. The molecule has 0 saturated carbocycles. The van der Waals surface area contributed by atoms with Crippen LogP contribution in [0.15, 0.2) is 92.6 Å². The van der Waals surface area contributed by atoms with E-state index in [1.165, 1.54) is 12.3 Å². The highest BCUT2D eigenvalue weighted by Gasteiger charge is 2.09. The van der Waals surface area contributed by atoms with Crippen LogP contribution in [0, 0.1) is 13.8 Å². The average molecular weight is 531 g/mol. The van der Waals surface area contributed by atoms with Crippen molar-refractivity contribution >= 4 is 50.2 Å². The third kappa shape index (κ3) is 6.10. The standard InChI is InChI=1S/C27H23BrN4O3/c1-17-12-18(2)27(23(28)13-17)35-16-26(34)32-29-15-20-14-21(10-11-25(20)33)30-31-24-9-5-7-19-6-3-4-8-22(19)24/h3-15,33H,16H2,1-2H3,(H,32,34). The zero-order valence-corrected chi connectivity index (χ0v) is 20.8. The molecule has 2 N–H and O–H groups in total. The van der Waals surface area contributed by atoms with E-state index in [2.05, 4.69) is 36.7 Å². The molecule has 0 aromatic heterocycles. The Morgan fingerprint density at radius 2 is 1.83 bits per heavy atom. The maximum atomic E-state index is 12.2. The topological polar surface area (TPSA) is 95.6 Å². The van der Waals surface area contributed by atoms with Crippen LogP contribution in [0.5, 0.6) is 11.5 Å². The minimum Gasteiger partial charge on any atom is -0.507 e. The molecule has 0 spiro atoms. The summed E-state index contributed by atoms with van der Waals surface area (Å²) in [5.41, 5.74) is 6.08. The van der Waals surface area contributed by atoms with Gasteiger partial charge in [0.05, 0.1) is 22.1 Å². The highest BCUT2D eigenvalue weighted by atomic mass is 79.9. The Morgan fingerprint density at radius 3 is 2.66 bits per heavy atom. The maximum Gasteiger partial charge on any atom is 0.277 e. The third-order valence-corrected chi connectivity index (χ3v) is 5.75. The molecule has 0 atom stereocenters. The largest absolute Gasteiger partial charge is 0.507 e. The van der Waals surface area contributed by atoms with Gasteiger partial charge in [-0.15, -0.1) is 5.11 Å². The summed E-state index contributed by atoms with van der Waals surface area (Å²) in [5.74, 6) is 0.179. The van der Waals surface area contributed by atoms with Gasteiger partial charge in [-0.05, 0) is 76.6 Å². The fourth-order valence-corrected chi connectivity index (χ4v) is 4.33. The summed E-state index contributed by atoms with van der Waals surface area (Å²) in [6.45, 7) is 3.69. The van der Waals surface area contributed by atoms with Crippen molar-refractivity contribution in [2.75, 3.05) is 6.61 Å². The molecule has 0 fully saturated rings. The number of phenolic OH excluding ortho intramolecular Hbond substituents is 1. The Balaban J connectivity index is 1.40. The fraction of sp³-hybridized carbons (Fsp3) is 0.111. The number of rotatable bonds is 7.